The number of nitrogens with zero attached hydrogens (tertiary/aromatic N) is 3. The molecule has 1 aromatic heterocycles. The standard InChI is InChI=1S/C28H33N3OS/c1-18-8-11-22(12-9-18)28(7)17-27(5,6)31(24-13-10-19(2)14-23(24)28)25(32)16-33-26-29-20(3)15-21(4)30-26/h8-15H,16-17H2,1-7H3/t28-/m0/s1. The SMILES string of the molecule is Cc1ccc([C@]2(C)CC(C)(C)N(C(=O)CSc3nc(C)cc(C)n3)c3ccc(C)cc32)cc1. The molecule has 1 aliphatic heterocycles. The monoisotopic (exact) mass is 459 g/mol. The highest BCUT2D eigenvalue weighted by atomic mass is 32.2. The van der Waals surface area contributed by atoms with E-state index in [-0.39, 0.29) is 16.9 Å². The summed E-state index contributed by atoms with van der Waals surface area (Å²) in [6, 6.07) is 17.3. The van der Waals surface area contributed by atoms with Gasteiger partial charge in [-0.1, -0.05) is 66.2 Å². The van der Waals surface area contributed by atoms with Crippen molar-refractivity contribution in [2.75, 3.05) is 10.7 Å². The molecule has 5 heteroatoms. The maximum Gasteiger partial charge on any atom is 0.237 e. The second kappa shape index (κ2) is 8.60. The average molecular weight is 460 g/mol. The van der Waals surface area contributed by atoms with Gasteiger partial charge in [0.05, 0.1) is 5.75 Å². The van der Waals surface area contributed by atoms with E-state index >= 15 is 0 Å². The normalized spacial score (nSPS) is 19.3. The van der Waals surface area contributed by atoms with Crippen LogP contribution in [0.15, 0.2) is 53.7 Å². The van der Waals surface area contributed by atoms with E-state index in [0.29, 0.717) is 10.9 Å². The van der Waals surface area contributed by atoms with Crippen LogP contribution in [0.5, 0.6) is 0 Å². The van der Waals surface area contributed by atoms with Crippen LogP contribution in [-0.2, 0) is 10.2 Å². The van der Waals surface area contributed by atoms with Crippen molar-refractivity contribution >= 4 is 23.4 Å². The van der Waals surface area contributed by atoms with E-state index in [9.17, 15) is 4.79 Å². The van der Waals surface area contributed by atoms with Crippen LogP contribution in [0.3, 0.4) is 0 Å². The van der Waals surface area contributed by atoms with Crippen molar-refractivity contribution in [3.63, 3.8) is 0 Å². The first-order chi connectivity index (χ1) is 15.5. The Labute approximate surface area is 201 Å². The van der Waals surface area contributed by atoms with Crippen LogP contribution in [0.4, 0.5) is 5.69 Å². The summed E-state index contributed by atoms with van der Waals surface area (Å²) < 4.78 is 0. The molecule has 1 aliphatic rings. The minimum atomic E-state index is -0.344. The molecular weight excluding hydrogens is 426 g/mol. The molecule has 4 rings (SSSR count). The van der Waals surface area contributed by atoms with E-state index in [4.69, 9.17) is 0 Å². The van der Waals surface area contributed by atoms with Gasteiger partial charge in [0.1, 0.15) is 0 Å². The third-order valence-corrected chi connectivity index (χ3v) is 7.44. The number of aromatic nitrogens is 2. The number of hydrogen-bond donors (Lipinski definition) is 0. The van der Waals surface area contributed by atoms with E-state index in [1.54, 1.807) is 0 Å². The number of thioether (sulfide) groups is 1. The zero-order valence-corrected chi connectivity index (χ0v) is 21.5. The van der Waals surface area contributed by atoms with E-state index in [2.05, 4.69) is 87.1 Å². The lowest BCUT2D eigenvalue weighted by atomic mass is 9.65. The van der Waals surface area contributed by atoms with Crippen molar-refractivity contribution in [3.05, 3.63) is 82.2 Å². The molecule has 1 amide bonds. The predicted molar refractivity (Wildman–Crippen MR) is 137 cm³/mol. The largest absolute Gasteiger partial charge is 0.306 e. The molecule has 0 bridgehead atoms. The van der Waals surface area contributed by atoms with Crippen LogP contribution in [0.1, 0.15) is 60.8 Å². The lowest BCUT2D eigenvalue weighted by molar-refractivity contribution is -0.117. The lowest BCUT2D eigenvalue weighted by Gasteiger charge is -2.51. The van der Waals surface area contributed by atoms with Crippen molar-refractivity contribution in [1.82, 2.24) is 9.97 Å². The minimum absolute atomic E-state index is 0.0869. The lowest BCUT2D eigenvalue weighted by Crippen LogP contribution is -2.56. The van der Waals surface area contributed by atoms with Crippen molar-refractivity contribution in [1.29, 1.82) is 0 Å². The highest BCUT2D eigenvalue weighted by Crippen LogP contribution is 2.50. The molecule has 0 fully saturated rings. The van der Waals surface area contributed by atoms with E-state index < -0.39 is 0 Å². The summed E-state index contributed by atoms with van der Waals surface area (Å²) in [4.78, 5) is 24.6. The van der Waals surface area contributed by atoms with Crippen molar-refractivity contribution in [3.8, 4) is 0 Å². The van der Waals surface area contributed by atoms with E-state index in [1.165, 1.54) is 34.0 Å². The topological polar surface area (TPSA) is 46.1 Å². The van der Waals surface area contributed by atoms with Gasteiger partial charge < -0.3 is 4.90 Å². The Balaban J connectivity index is 1.72. The Hall–Kier alpha value is -2.66. The first kappa shape index (κ1) is 23.5. The van der Waals surface area contributed by atoms with Crippen molar-refractivity contribution in [2.24, 2.45) is 0 Å². The molecule has 0 aliphatic carbocycles. The summed E-state index contributed by atoms with van der Waals surface area (Å²) >= 11 is 1.41. The van der Waals surface area contributed by atoms with Gasteiger partial charge >= 0.3 is 0 Å². The Kier molecular flexibility index (Phi) is 6.12. The number of carbonyl (C=O) groups excluding carboxylic acids is 1. The number of carbonyl (C=O) groups is 1. The molecule has 1 atom stereocenters. The van der Waals surface area contributed by atoms with Gasteiger partial charge in [-0.15, -0.1) is 0 Å². The summed E-state index contributed by atoms with van der Waals surface area (Å²) in [5.74, 6) is 0.393. The Bertz CT molecular complexity index is 1180. The molecule has 4 nitrogen and oxygen atoms in total. The van der Waals surface area contributed by atoms with Gasteiger partial charge in [-0.25, -0.2) is 9.97 Å². The molecule has 0 saturated carbocycles. The molecular formula is C28H33N3OS. The first-order valence-electron chi connectivity index (χ1n) is 11.5. The molecule has 0 radical (unpaired) electrons. The molecule has 3 aromatic rings. The molecule has 172 valence electrons. The number of fused-ring (bicyclic) bond motifs is 1. The fourth-order valence-electron chi connectivity index (χ4n) is 5.25. The zero-order valence-electron chi connectivity index (χ0n) is 20.7. The molecule has 0 N–H and O–H groups in total. The van der Waals surface area contributed by atoms with Crippen LogP contribution < -0.4 is 4.90 Å². The first-order valence-corrected chi connectivity index (χ1v) is 12.4. The van der Waals surface area contributed by atoms with Crippen molar-refractivity contribution < 1.29 is 4.79 Å². The van der Waals surface area contributed by atoms with Gasteiger partial charge in [-0.3, -0.25) is 4.79 Å². The number of benzene rings is 2. The number of rotatable bonds is 4. The van der Waals surface area contributed by atoms with E-state index in [1.807, 2.05) is 24.8 Å². The molecule has 2 aromatic carbocycles. The van der Waals surface area contributed by atoms with Gasteiger partial charge in [0.15, 0.2) is 5.16 Å². The molecule has 33 heavy (non-hydrogen) atoms. The van der Waals surface area contributed by atoms with Gasteiger partial charge in [0.2, 0.25) is 5.91 Å². The smallest absolute Gasteiger partial charge is 0.237 e. The van der Waals surface area contributed by atoms with Crippen LogP contribution in [-0.4, -0.2) is 27.2 Å². The highest BCUT2D eigenvalue weighted by Gasteiger charge is 2.47. The fourth-order valence-corrected chi connectivity index (χ4v) is 6.05. The highest BCUT2D eigenvalue weighted by molar-refractivity contribution is 7.99. The maximum atomic E-state index is 13.6. The third-order valence-electron chi connectivity index (χ3n) is 6.60. The average Bonchev–Trinajstić information content (AvgIpc) is 2.72. The zero-order chi connectivity index (χ0) is 24.0. The summed E-state index contributed by atoms with van der Waals surface area (Å²) in [7, 11) is 0. The predicted octanol–water partition coefficient (Wildman–Crippen LogP) is 6.32. The number of hydrogen-bond acceptors (Lipinski definition) is 4. The van der Waals surface area contributed by atoms with Gasteiger partial charge in [-0.05, 0) is 71.2 Å². The number of amides is 1. The van der Waals surface area contributed by atoms with Crippen LogP contribution in [0.25, 0.3) is 0 Å². The second-order valence-corrected chi connectivity index (χ2v) is 11.1. The molecule has 0 spiro atoms. The van der Waals surface area contributed by atoms with Crippen LogP contribution in [0.2, 0.25) is 0 Å². The Morgan fingerprint density at radius 1 is 0.909 bits per heavy atom. The summed E-state index contributed by atoms with van der Waals surface area (Å²) in [6.45, 7) is 14.8. The van der Waals surface area contributed by atoms with Crippen molar-refractivity contribution in [2.45, 2.75) is 71.0 Å². The second-order valence-electron chi connectivity index (χ2n) is 10.2. The summed E-state index contributed by atoms with van der Waals surface area (Å²) in [6.07, 6.45) is 0.843. The fraction of sp³-hybridized carbons (Fsp3) is 0.393. The molecule has 0 saturated heterocycles. The maximum absolute atomic E-state index is 13.6. The summed E-state index contributed by atoms with van der Waals surface area (Å²) in [5.41, 5.74) is 7.29. The Morgan fingerprint density at radius 2 is 1.52 bits per heavy atom. The van der Waals surface area contributed by atoms with Crippen LogP contribution >= 0.6 is 11.8 Å². The third kappa shape index (κ3) is 4.56. The number of aryl methyl sites for hydroxylation is 4. The van der Waals surface area contributed by atoms with Gasteiger partial charge in [-0.2, -0.15) is 0 Å². The summed E-state index contributed by atoms with van der Waals surface area (Å²) in [5, 5.41) is 0.657. The van der Waals surface area contributed by atoms with Crippen LogP contribution in [0, 0.1) is 27.7 Å². The van der Waals surface area contributed by atoms with Gasteiger partial charge in [0, 0.05) is 28.0 Å². The molecule has 2 heterocycles. The molecule has 0 unspecified atom stereocenters. The van der Waals surface area contributed by atoms with Gasteiger partial charge in [0.25, 0.3) is 0 Å². The minimum Gasteiger partial charge on any atom is -0.306 e. The van der Waals surface area contributed by atoms with E-state index in [0.717, 1.165) is 23.5 Å². The quantitative estimate of drug-likeness (QED) is 0.338. The number of anilines is 1. The Morgan fingerprint density at radius 3 is 2.15 bits per heavy atom.